The molecule has 0 aliphatic heterocycles. The minimum Gasteiger partial charge on any atom is -0.491 e. The third kappa shape index (κ3) is 3.62. The number of benzene rings is 2. The Kier molecular flexibility index (Phi) is 5.09. The highest BCUT2D eigenvalue weighted by Gasteiger charge is 2.31. The standard InChI is InChI=1S/C21H19F3N2O2/c1-27-21-19(23)8-15(9-20(21)24)28-14-6-13(7-14)26-11-17-16-4-5-25-10-12(16)2-3-18(17)22/h2-5,8-10,13-14,26H,6-7,11H2,1H3. The Balaban J connectivity index is 1.34. The van der Waals surface area contributed by atoms with Crippen molar-refractivity contribution in [1.82, 2.24) is 10.3 Å². The van der Waals surface area contributed by atoms with Gasteiger partial charge in [-0.25, -0.2) is 13.2 Å². The van der Waals surface area contributed by atoms with Crippen LogP contribution in [0, 0.1) is 17.5 Å². The van der Waals surface area contributed by atoms with Crippen LogP contribution in [0.3, 0.4) is 0 Å². The summed E-state index contributed by atoms with van der Waals surface area (Å²) in [7, 11) is 1.21. The van der Waals surface area contributed by atoms with Crippen molar-refractivity contribution in [3.8, 4) is 11.5 Å². The molecule has 3 aromatic rings. The first-order valence-electron chi connectivity index (χ1n) is 8.99. The zero-order valence-corrected chi connectivity index (χ0v) is 15.2. The van der Waals surface area contributed by atoms with E-state index in [-0.39, 0.29) is 23.7 Å². The van der Waals surface area contributed by atoms with Crippen LogP contribution >= 0.6 is 0 Å². The highest BCUT2D eigenvalue weighted by atomic mass is 19.1. The van der Waals surface area contributed by atoms with Crippen molar-refractivity contribution in [1.29, 1.82) is 0 Å². The molecule has 0 saturated heterocycles. The van der Waals surface area contributed by atoms with Gasteiger partial charge in [-0.05, 0) is 36.4 Å². The van der Waals surface area contributed by atoms with E-state index in [1.54, 1.807) is 24.5 Å². The quantitative estimate of drug-likeness (QED) is 0.682. The van der Waals surface area contributed by atoms with Crippen molar-refractivity contribution in [3.05, 3.63) is 65.7 Å². The number of fused-ring (bicyclic) bond motifs is 1. The number of hydrogen-bond donors (Lipinski definition) is 1. The molecule has 4 rings (SSSR count). The molecular weight excluding hydrogens is 369 g/mol. The normalized spacial score (nSPS) is 18.7. The molecule has 1 aromatic heterocycles. The lowest BCUT2D eigenvalue weighted by Gasteiger charge is -2.36. The molecule has 0 amide bonds. The molecule has 0 unspecified atom stereocenters. The van der Waals surface area contributed by atoms with Gasteiger partial charge in [0.2, 0.25) is 0 Å². The zero-order chi connectivity index (χ0) is 19.7. The fourth-order valence-corrected chi connectivity index (χ4v) is 3.45. The molecular formula is C21H19F3N2O2. The fourth-order valence-electron chi connectivity index (χ4n) is 3.45. The lowest BCUT2D eigenvalue weighted by atomic mass is 9.89. The smallest absolute Gasteiger partial charge is 0.190 e. The van der Waals surface area contributed by atoms with Crippen molar-refractivity contribution in [2.45, 2.75) is 31.5 Å². The summed E-state index contributed by atoms with van der Waals surface area (Å²) in [6, 6.07) is 7.33. The molecule has 1 aliphatic carbocycles. The van der Waals surface area contributed by atoms with E-state index in [2.05, 4.69) is 15.0 Å². The molecule has 0 bridgehead atoms. The maximum absolute atomic E-state index is 14.2. The van der Waals surface area contributed by atoms with Crippen LogP contribution in [0.1, 0.15) is 18.4 Å². The first-order chi connectivity index (χ1) is 13.5. The first kappa shape index (κ1) is 18.6. The molecule has 146 valence electrons. The predicted octanol–water partition coefficient (Wildman–Crippen LogP) is 4.36. The SMILES string of the molecule is COc1c(F)cc(OC2CC(NCc3c(F)ccc4cnccc34)C2)cc1F. The van der Waals surface area contributed by atoms with E-state index in [0.29, 0.717) is 24.9 Å². The van der Waals surface area contributed by atoms with Gasteiger partial charge in [0.05, 0.1) is 7.11 Å². The van der Waals surface area contributed by atoms with Crippen molar-refractivity contribution in [2.24, 2.45) is 0 Å². The molecule has 2 aromatic carbocycles. The number of hydrogen-bond acceptors (Lipinski definition) is 4. The highest BCUT2D eigenvalue weighted by molar-refractivity contribution is 5.84. The lowest BCUT2D eigenvalue weighted by molar-refractivity contribution is 0.0834. The number of nitrogens with one attached hydrogen (secondary N) is 1. The van der Waals surface area contributed by atoms with Gasteiger partial charge in [-0.1, -0.05) is 0 Å². The van der Waals surface area contributed by atoms with E-state index in [1.165, 1.54) is 13.2 Å². The van der Waals surface area contributed by atoms with Gasteiger partial charge >= 0.3 is 0 Å². The van der Waals surface area contributed by atoms with E-state index in [0.717, 1.165) is 22.9 Å². The van der Waals surface area contributed by atoms with Gasteiger partial charge in [-0.2, -0.15) is 0 Å². The molecule has 1 heterocycles. The van der Waals surface area contributed by atoms with Crippen molar-refractivity contribution < 1.29 is 22.6 Å². The van der Waals surface area contributed by atoms with E-state index >= 15 is 0 Å². The number of aromatic nitrogens is 1. The molecule has 0 radical (unpaired) electrons. The summed E-state index contributed by atoms with van der Waals surface area (Å²) in [6.45, 7) is 0.385. The van der Waals surface area contributed by atoms with E-state index < -0.39 is 17.4 Å². The Morgan fingerprint density at radius 3 is 2.54 bits per heavy atom. The summed E-state index contributed by atoms with van der Waals surface area (Å²) in [4.78, 5) is 4.06. The van der Waals surface area contributed by atoms with Crippen LogP contribution in [0.4, 0.5) is 13.2 Å². The summed E-state index contributed by atoms with van der Waals surface area (Å²) >= 11 is 0. The second-order valence-corrected chi connectivity index (χ2v) is 6.83. The molecule has 1 saturated carbocycles. The van der Waals surface area contributed by atoms with Crippen molar-refractivity contribution in [2.75, 3.05) is 7.11 Å². The van der Waals surface area contributed by atoms with Crippen LogP contribution in [0.15, 0.2) is 42.7 Å². The number of ether oxygens (including phenoxy) is 2. The van der Waals surface area contributed by atoms with Crippen molar-refractivity contribution >= 4 is 10.8 Å². The third-order valence-corrected chi connectivity index (χ3v) is 5.02. The van der Waals surface area contributed by atoms with Gasteiger partial charge in [0.15, 0.2) is 17.4 Å². The Morgan fingerprint density at radius 1 is 1.07 bits per heavy atom. The maximum atomic E-state index is 14.2. The molecule has 1 fully saturated rings. The second kappa shape index (κ2) is 7.67. The summed E-state index contributed by atoms with van der Waals surface area (Å²) in [5.74, 6) is -2.15. The zero-order valence-electron chi connectivity index (χ0n) is 15.2. The summed E-state index contributed by atoms with van der Waals surface area (Å²) in [5, 5.41) is 5.04. The molecule has 1 N–H and O–H groups in total. The van der Waals surface area contributed by atoms with Gasteiger partial charge in [0.25, 0.3) is 0 Å². The van der Waals surface area contributed by atoms with Crippen LogP contribution in [0.25, 0.3) is 10.8 Å². The monoisotopic (exact) mass is 388 g/mol. The van der Waals surface area contributed by atoms with Crippen LogP contribution in [-0.4, -0.2) is 24.2 Å². The predicted molar refractivity (Wildman–Crippen MR) is 98.9 cm³/mol. The molecule has 4 nitrogen and oxygen atoms in total. The Bertz CT molecular complexity index is 983. The van der Waals surface area contributed by atoms with E-state index in [1.807, 2.05) is 0 Å². The van der Waals surface area contributed by atoms with Gasteiger partial charge in [-0.15, -0.1) is 0 Å². The number of pyridine rings is 1. The molecule has 7 heteroatoms. The van der Waals surface area contributed by atoms with E-state index in [9.17, 15) is 13.2 Å². The average molecular weight is 388 g/mol. The Hall–Kier alpha value is -2.80. The topological polar surface area (TPSA) is 43.4 Å². The number of nitrogens with zero attached hydrogens (tertiary/aromatic N) is 1. The first-order valence-corrected chi connectivity index (χ1v) is 8.99. The minimum atomic E-state index is -0.799. The molecule has 0 atom stereocenters. The van der Waals surface area contributed by atoms with E-state index in [4.69, 9.17) is 4.74 Å². The average Bonchev–Trinajstić information content (AvgIpc) is 2.64. The van der Waals surface area contributed by atoms with Crippen molar-refractivity contribution in [3.63, 3.8) is 0 Å². The Labute approximate surface area is 160 Å². The molecule has 1 aliphatic rings. The summed E-state index contributed by atoms with van der Waals surface area (Å²) < 4.78 is 52.0. The van der Waals surface area contributed by atoms with Crippen LogP contribution in [-0.2, 0) is 6.54 Å². The number of rotatable bonds is 6. The van der Waals surface area contributed by atoms with Crippen LogP contribution in [0.2, 0.25) is 0 Å². The minimum absolute atomic E-state index is 0.131. The van der Waals surface area contributed by atoms with Gasteiger partial charge in [0, 0.05) is 48.1 Å². The lowest BCUT2D eigenvalue weighted by Crippen LogP contribution is -2.46. The molecule has 28 heavy (non-hydrogen) atoms. The number of halogens is 3. The third-order valence-electron chi connectivity index (χ3n) is 5.02. The highest BCUT2D eigenvalue weighted by Crippen LogP contribution is 2.31. The number of methoxy groups -OCH3 is 1. The fraction of sp³-hybridized carbons (Fsp3) is 0.286. The summed E-state index contributed by atoms with van der Waals surface area (Å²) in [5.41, 5.74) is 0.601. The maximum Gasteiger partial charge on any atom is 0.190 e. The second-order valence-electron chi connectivity index (χ2n) is 6.83. The van der Waals surface area contributed by atoms with Gasteiger partial charge in [0.1, 0.15) is 17.7 Å². The Morgan fingerprint density at radius 2 is 1.82 bits per heavy atom. The van der Waals surface area contributed by atoms with Gasteiger partial charge < -0.3 is 14.8 Å². The van der Waals surface area contributed by atoms with Crippen LogP contribution in [0.5, 0.6) is 11.5 Å². The summed E-state index contributed by atoms with van der Waals surface area (Å²) in [6.07, 6.45) is 4.54. The van der Waals surface area contributed by atoms with Crippen LogP contribution < -0.4 is 14.8 Å². The molecule has 0 spiro atoms. The largest absolute Gasteiger partial charge is 0.491 e. The van der Waals surface area contributed by atoms with Gasteiger partial charge in [-0.3, -0.25) is 4.98 Å².